The van der Waals surface area contributed by atoms with Crippen molar-refractivity contribution in [1.82, 2.24) is 19.3 Å². The summed E-state index contributed by atoms with van der Waals surface area (Å²) in [6.45, 7) is 2.28. The lowest BCUT2D eigenvalue weighted by Crippen LogP contribution is -2.22. The van der Waals surface area contributed by atoms with Gasteiger partial charge in [-0.25, -0.2) is 4.98 Å². The van der Waals surface area contributed by atoms with Crippen LogP contribution in [0, 0.1) is 6.92 Å². The maximum absolute atomic E-state index is 12.3. The molecule has 0 bridgehead atoms. The standard InChI is InChI=1S/C16H16N4O2/c1-11-3-5-12(6-4-11)14(21)7-8-20-10-17-15-13(16(20)22)9-18-19(15)2/h3-6,9-10H,7-8H2,1-2H3. The molecule has 112 valence electrons. The first-order valence-corrected chi connectivity index (χ1v) is 7.03. The number of nitrogens with zero attached hydrogens (tertiary/aromatic N) is 4. The van der Waals surface area contributed by atoms with Crippen LogP contribution in [-0.4, -0.2) is 25.1 Å². The molecule has 2 heterocycles. The second-order valence-electron chi connectivity index (χ2n) is 5.29. The number of hydrogen-bond donors (Lipinski definition) is 0. The average Bonchev–Trinajstić information content (AvgIpc) is 2.89. The number of hydrogen-bond acceptors (Lipinski definition) is 4. The summed E-state index contributed by atoms with van der Waals surface area (Å²) in [6, 6.07) is 7.43. The summed E-state index contributed by atoms with van der Waals surface area (Å²) in [5, 5.41) is 4.49. The summed E-state index contributed by atoms with van der Waals surface area (Å²) in [5.41, 5.74) is 2.15. The van der Waals surface area contributed by atoms with Crippen molar-refractivity contribution in [2.75, 3.05) is 0 Å². The van der Waals surface area contributed by atoms with Gasteiger partial charge in [0.1, 0.15) is 5.39 Å². The average molecular weight is 296 g/mol. The van der Waals surface area contributed by atoms with Crippen LogP contribution in [0.4, 0.5) is 0 Å². The Morgan fingerprint density at radius 2 is 1.95 bits per heavy atom. The highest BCUT2D eigenvalue weighted by atomic mass is 16.1. The molecule has 0 fully saturated rings. The molecular weight excluding hydrogens is 280 g/mol. The van der Waals surface area contributed by atoms with Crippen molar-refractivity contribution in [2.24, 2.45) is 7.05 Å². The summed E-state index contributed by atoms with van der Waals surface area (Å²) in [7, 11) is 1.74. The zero-order valence-electron chi connectivity index (χ0n) is 12.5. The van der Waals surface area contributed by atoms with E-state index in [0.717, 1.165) is 5.56 Å². The predicted octanol–water partition coefficient (Wildman–Crippen LogP) is 1.71. The van der Waals surface area contributed by atoms with Crippen molar-refractivity contribution in [1.29, 1.82) is 0 Å². The Hall–Kier alpha value is -2.76. The number of aromatic nitrogens is 4. The van der Waals surface area contributed by atoms with Crippen LogP contribution in [0.5, 0.6) is 0 Å². The second kappa shape index (κ2) is 5.55. The van der Waals surface area contributed by atoms with E-state index in [4.69, 9.17) is 0 Å². The van der Waals surface area contributed by atoms with E-state index in [-0.39, 0.29) is 17.8 Å². The Balaban J connectivity index is 1.79. The van der Waals surface area contributed by atoms with Crippen LogP contribution in [0.2, 0.25) is 0 Å². The molecule has 2 aromatic heterocycles. The highest BCUT2D eigenvalue weighted by molar-refractivity contribution is 5.96. The summed E-state index contributed by atoms with van der Waals surface area (Å²) >= 11 is 0. The molecular formula is C16H16N4O2. The number of aryl methyl sites for hydroxylation is 3. The summed E-state index contributed by atoms with van der Waals surface area (Å²) < 4.78 is 3.01. The van der Waals surface area contributed by atoms with Gasteiger partial charge in [0.25, 0.3) is 5.56 Å². The van der Waals surface area contributed by atoms with Crippen molar-refractivity contribution in [3.8, 4) is 0 Å². The van der Waals surface area contributed by atoms with Gasteiger partial charge in [-0.2, -0.15) is 5.10 Å². The first-order chi connectivity index (χ1) is 10.6. The highest BCUT2D eigenvalue weighted by Crippen LogP contribution is 2.08. The van der Waals surface area contributed by atoms with Crippen LogP contribution in [-0.2, 0) is 13.6 Å². The van der Waals surface area contributed by atoms with Crippen LogP contribution in [0.25, 0.3) is 11.0 Å². The lowest BCUT2D eigenvalue weighted by molar-refractivity contribution is 0.0976. The molecule has 6 nitrogen and oxygen atoms in total. The molecule has 1 aromatic carbocycles. The van der Waals surface area contributed by atoms with Crippen LogP contribution < -0.4 is 5.56 Å². The molecule has 0 aliphatic carbocycles. The van der Waals surface area contributed by atoms with Gasteiger partial charge < -0.3 is 0 Å². The molecule has 0 saturated heterocycles. The molecule has 0 radical (unpaired) electrons. The Morgan fingerprint density at radius 3 is 2.68 bits per heavy atom. The van der Waals surface area contributed by atoms with Crippen LogP contribution in [0.15, 0.2) is 41.6 Å². The van der Waals surface area contributed by atoms with Gasteiger partial charge in [0, 0.05) is 25.6 Å². The second-order valence-corrected chi connectivity index (χ2v) is 5.29. The van der Waals surface area contributed by atoms with Crippen molar-refractivity contribution in [2.45, 2.75) is 19.9 Å². The Morgan fingerprint density at radius 1 is 1.23 bits per heavy atom. The number of Topliss-reactive ketones (excluding diaryl/α,β-unsaturated/α-hetero) is 1. The van der Waals surface area contributed by atoms with E-state index < -0.39 is 0 Å². The molecule has 6 heteroatoms. The van der Waals surface area contributed by atoms with Crippen molar-refractivity contribution in [3.05, 3.63) is 58.3 Å². The van der Waals surface area contributed by atoms with Crippen molar-refractivity contribution >= 4 is 16.8 Å². The summed E-state index contributed by atoms with van der Waals surface area (Å²) in [5.74, 6) is 0.0122. The minimum absolute atomic E-state index is 0.0122. The molecule has 0 atom stereocenters. The van der Waals surface area contributed by atoms with Gasteiger partial charge in [-0.05, 0) is 6.92 Å². The third-order valence-electron chi connectivity index (χ3n) is 3.67. The van der Waals surface area contributed by atoms with Crippen LogP contribution >= 0.6 is 0 Å². The number of fused-ring (bicyclic) bond motifs is 1. The Bertz CT molecular complexity index is 891. The fourth-order valence-electron chi connectivity index (χ4n) is 2.33. The molecule has 0 unspecified atom stereocenters. The quantitative estimate of drug-likeness (QED) is 0.687. The van der Waals surface area contributed by atoms with Gasteiger partial charge in [-0.1, -0.05) is 29.8 Å². The molecule has 0 N–H and O–H groups in total. The first-order valence-electron chi connectivity index (χ1n) is 7.03. The number of ketones is 1. The number of carbonyl (C=O) groups excluding carboxylic acids is 1. The van der Waals surface area contributed by atoms with Gasteiger partial charge in [0.2, 0.25) is 0 Å². The van der Waals surface area contributed by atoms with E-state index >= 15 is 0 Å². The van der Waals surface area contributed by atoms with Gasteiger partial charge in [0.15, 0.2) is 11.4 Å². The van der Waals surface area contributed by atoms with Gasteiger partial charge in [-0.15, -0.1) is 0 Å². The zero-order chi connectivity index (χ0) is 15.7. The largest absolute Gasteiger partial charge is 0.298 e. The molecule has 0 amide bonds. The van der Waals surface area contributed by atoms with E-state index in [1.54, 1.807) is 11.7 Å². The number of benzene rings is 1. The smallest absolute Gasteiger partial charge is 0.264 e. The summed E-state index contributed by atoms with van der Waals surface area (Å²) in [6.07, 6.45) is 3.23. The lowest BCUT2D eigenvalue weighted by atomic mass is 10.1. The normalized spacial score (nSPS) is 11.0. The zero-order valence-corrected chi connectivity index (χ0v) is 12.5. The lowest BCUT2D eigenvalue weighted by Gasteiger charge is -2.05. The number of rotatable bonds is 4. The Kier molecular flexibility index (Phi) is 3.58. The fourth-order valence-corrected chi connectivity index (χ4v) is 2.33. The van der Waals surface area contributed by atoms with Crippen molar-refractivity contribution in [3.63, 3.8) is 0 Å². The SMILES string of the molecule is Cc1ccc(C(=O)CCn2cnc3c(cnn3C)c2=O)cc1. The van der Waals surface area contributed by atoms with E-state index in [2.05, 4.69) is 10.1 Å². The molecule has 22 heavy (non-hydrogen) atoms. The topological polar surface area (TPSA) is 69.8 Å². The van der Waals surface area contributed by atoms with Gasteiger partial charge >= 0.3 is 0 Å². The minimum Gasteiger partial charge on any atom is -0.298 e. The third kappa shape index (κ3) is 2.55. The maximum atomic E-state index is 12.3. The monoisotopic (exact) mass is 296 g/mol. The van der Waals surface area contributed by atoms with E-state index in [1.807, 2.05) is 31.2 Å². The molecule has 0 spiro atoms. The maximum Gasteiger partial charge on any atom is 0.264 e. The molecule has 3 aromatic rings. The van der Waals surface area contributed by atoms with Crippen molar-refractivity contribution < 1.29 is 4.79 Å². The van der Waals surface area contributed by atoms with Gasteiger partial charge in [0.05, 0.1) is 12.5 Å². The number of carbonyl (C=O) groups is 1. The molecule has 0 aliphatic rings. The fraction of sp³-hybridized carbons (Fsp3) is 0.250. The predicted molar refractivity (Wildman–Crippen MR) is 82.9 cm³/mol. The molecule has 0 saturated carbocycles. The highest BCUT2D eigenvalue weighted by Gasteiger charge is 2.10. The van der Waals surface area contributed by atoms with Crippen LogP contribution in [0.1, 0.15) is 22.3 Å². The first kappa shape index (κ1) is 14.2. The molecule has 0 aliphatic heterocycles. The van der Waals surface area contributed by atoms with E-state index in [0.29, 0.717) is 23.1 Å². The van der Waals surface area contributed by atoms with E-state index in [9.17, 15) is 9.59 Å². The minimum atomic E-state index is -0.171. The van der Waals surface area contributed by atoms with Gasteiger partial charge in [-0.3, -0.25) is 18.8 Å². The summed E-state index contributed by atoms with van der Waals surface area (Å²) in [4.78, 5) is 28.7. The van der Waals surface area contributed by atoms with Crippen LogP contribution in [0.3, 0.4) is 0 Å². The Labute approximate surface area is 127 Å². The van der Waals surface area contributed by atoms with E-state index in [1.165, 1.54) is 17.1 Å². The third-order valence-corrected chi connectivity index (χ3v) is 3.67. The molecule has 3 rings (SSSR count).